The topological polar surface area (TPSA) is 35.5 Å². The summed E-state index contributed by atoms with van der Waals surface area (Å²) in [5.74, 6) is -0.190. The minimum atomic E-state index is -0.517. The summed E-state index contributed by atoms with van der Waals surface area (Å²) in [4.78, 5) is 12.7. The van der Waals surface area contributed by atoms with Crippen molar-refractivity contribution in [2.75, 3.05) is 7.11 Å². The second-order valence-corrected chi connectivity index (χ2v) is 7.81. The maximum Gasteiger partial charge on any atom is 0.339 e. The van der Waals surface area contributed by atoms with Gasteiger partial charge in [0.2, 0.25) is 0 Å². The third-order valence-corrected chi connectivity index (χ3v) is 5.40. The van der Waals surface area contributed by atoms with Crippen molar-refractivity contribution in [3.63, 3.8) is 0 Å². The Hall–Kier alpha value is -1.61. The first-order valence-corrected chi connectivity index (χ1v) is 8.31. The molecule has 1 aliphatic carbocycles. The lowest BCUT2D eigenvalue weighted by Gasteiger charge is -2.45. The van der Waals surface area contributed by atoms with Gasteiger partial charge in [0.05, 0.1) is 11.7 Å². The number of carbonyl (C=O) groups is 1. The molecular weight excluding hydrogens is 288 g/mol. The van der Waals surface area contributed by atoms with Crippen LogP contribution in [0, 0.1) is 12.3 Å². The van der Waals surface area contributed by atoms with Crippen LogP contribution < -0.4 is 0 Å². The first-order valence-electron chi connectivity index (χ1n) is 8.31. The molecule has 1 aliphatic heterocycles. The van der Waals surface area contributed by atoms with Crippen LogP contribution in [0.15, 0.2) is 29.8 Å². The zero-order valence-corrected chi connectivity index (χ0v) is 14.7. The molecule has 2 atom stereocenters. The van der Waals surface area contributed by atoms with Crippen LogP contribution in [0.25, 0.3) is 5.57 Å². The number of carbonyl (C=O) groups excluding carboxylic acids is 1. The molecule has 2 unspecified atom stereocenters. The minimum absolute atomic E-state index is 0.0850. The van der Waals surface area contributed by atoms with Crippen LogP contribution in [-0.2, 0) is 14.3 Å². The van der Waals surface area contributed by atoms with Crippen molar-refractivity contribution in [2.24, 2.45) is 5.41 Å². The minimum Gasteiger partial charge on any atom is -0.451 e. The monoisotopic (exact) mass is 314 g/mol. The molecule has 1 heterocycles. The molecule has 0 saturated heterocycles. The summed E-state index contributed by atoms with van der Waals surface area (Å²) >= 11 is 0. The summed E-state index contributed by atoms with van der Waals surface area (Å²) in [6.45, 7) is 8.55. The highest BCUT2D eigenvalue weighted by molar-refractivity contribution is 6.20. The lowest BCUT2D eigenvalue weighted by Crippen LogP contribution is -2.46. The van der Waals surface area contributed by atoms with E-state index in [1.54, 1.807) is 7.11 Å². The number of ether oxygens (including phenoxy) is 2. The van der Waals surface area contributed by atoms with E-state index in [4.69, 9.17) is 9.47 Å². The summed E-state index contributed by atoms with van der Waals surface area (Å²) in [6, 6.07) is 8.02. The van der Waals surface area contributed by atoms with E-state index in [2.05, 4.69) is 20.8 Å². The first-order chi connectivity index (χ1) is 10.8. The molecule has 0 amide bonds. The molecule has 3 rings (SSSR count). The third kappa shape index (κ3) is 2.72. The molecule has 1 spiro atoms. The standard InChI is InChI=1S/C20H26O3/c1-13-8-6-7-9-16(13)17-14(2)20(23-18(17)21)11-15(22-5)10-19(3,4)12-20/h6-9,15H,10-12H2,1-5H3. The van der Waals surface area contributed by atoms with E-state index in [1.807, 2.05) is 31.2 Å². The van der Waals surface area contributed by atoms with Crippen LogP contribution in [0.1, 0.15) is 51.2 Å². The molecular formula is C20H26O3. The molecule has 124 valence electrons. The molecule has 3 heteroatoms. The number of hydrogen-bond donors (Lipinski definition) is 0. The van der Waals surface area contributed by atoms with Gasteiger partial charge >= 0.3 is 5.97 Å². The van der Waals surface area contributed by atoms with E-state index in [9.17, 15) is 4.79 Å². The average Bonchev–Trinajstić information content (AvgIpc) is 2.68. The zero-order chi connectivity index (χ0) is 16.8. The number of benzene rings is 1. The summed E-state index contributed by atoms with van der Waals surface area (Å²) in [5, 5.41) is 0. The van der Waals surface area contributed by atoms with Gasteiger partial charge in [0.15, 0.2) is 0 Å². The molecule has 0 N–H and O–H groups in total. The van der Waals surface area contributed by atoms with Gasteiger partial charge in [-0.2, -0.15) is 0 Å². The van der Waals surface area contributed by atoms with E-state index < -0.39 is 5.60 Å². The van der Waals surface area contributed by atoms with Crippen LogP contribution in [-0.4, -0.2) is 24.8 Å². The SMILES string of the molecule is COC1CC(C)(C)CC2(C1)OC(=O)C(c1ccccc1C)=C2C. The highest BCUT2D eigenvalue weighted by Crippen LogP contribution is 2.52. The normalized spacial score (nSPS) is 30.0. The van der Waals surface area contributed by atoms with Crippen molar-refractivity contribution >= 4 is 11.5 Å². The molecule has 1 aromatic rings. The Morgan fingerprint density at radius 3 is 2.52 bits per heavy atom. The Kier molecular flexibility index (Phi) is 3.88. The van der Waals surface area contributed by atoms with Crippen molar-refractivity contribution in [3.8, 4) is 0 Å². The molecule has 1 saturated carbocycles. The van der Waals surface area contributed by atoms with Crippen LogP contribution in [0.2, 0.25) is 0 Å². The number of methoxy groups -OCH3 is 1. The zero-order valence-electron chi connectivity index (χ0n) is 14.7. The van der Waals surface area contributed by atoms with Crippen molar-refractivity contribution in [2.45, 2.75) is 58.7 Å². The fourth-order valence-corrected chi connectivity index (χ4v) is 4.36. The summed E-state index contributed by atoms with van der Waals surface area (Å²) in [6.07, 6.45) is 2.72. The van der Waals surface area contributed by atoms with E-state index >= 15 is 0 Å². The highest BCUT2D eigenvalue weighted by Gasteiger charge is 2.53. The second-order valence-electron chi connectivity index (χ2n) is 7.81. The Morgan fingerprint density at radius 1 is 1.17 bits per heavy atom. The van der Waals surface area contributed by atoms with Crippen molar-refractivity contribution in [1.29, 1.82) is 0 Å². The maximum absolute atomic E-state index is 12.7. The van der Waals surface area contributed by atoms with E-state index in [0.29, 0.717) is 0 Å². The fourth-order valence-electron chi connectivity index (χ4n) is 4.36. The Labute approximate surface area is 138 Å². The van der Waals surface area contributed by atoms with Gasteiger partial charge in [0.1, 0.15) is 5.60 Å². The molecule has 0 aromatic heterocycles. The van der Waals surface area contributed by atoms with Gasteiger partial charge in [0.25, 0.3) is 0 Å². The maximum atomic E-state index is 12.7. The Morgan fingerprint density at radius 2 is 1.87 bits per heavy atom. The van der Waals surface area contributed by atoms with Crippen LogP contribution in [0.3, 0.4) is 0 Å². The smallest absolute Gasteiger partial charge is 0.339 e. The van der Waals surface area contributed by atoms with E-state index in [-0.39, 0.29) is 17.5 Å². The van der Waals surface area contributed by atoms with E-state index in [1.165, 1.54) is 0 Å². The second kappa shape index (κ2) is 5.48. The van der Waals surface area contributed by atoms with E-state index in [0.717, 1.165) is 41.5 Å². The summed E-state index contributed by atoms with van der Waals surface area (Å²) in [5.41, 5.74) is 3.47. The highest BCUT2D eigenvalue weighted by atomic mass is 16.6. The van der Waals surface area contributed by atoms with Gasteiger partial charge in [-0.3, -0.25) is 0 Å². The number of rotatable bonds is 2. The van der Waals surface area contributed by atoms with Crippen molar-refractivity contribution in [1.82, 2.24) is 0 Å². The third-order valence-electron chi connectivity index (χ3n) is 5.40. The lowest BCUT2D eigenvalue weighted by molar-refractivity contribution is -0.156. The van der Waals surface area contributed by atoms with Crippen LogP contribution in [0.4, 0.5) is 0 Å². The van der Waals surface area contributed by atoms with Crippen LogP contribution >= 0.6 is 0 Å². The molecule has 0 bridgehead atoms. The summed E-state index contributed by atoms with van der Waals surface area (Å²) < 4.78 is 11.6. The molecule has 2 aliphatic rings. The molecule has 23 heavy (non-hydrogen) atoms. The van der Waals surface area contributed by atoms with Gasteiger partial charge in [0, 0.05) is 13.5 Å². The van der Waals surface area contributed by atoms with Crippen LogP contribution in [0.5, 0.6) is 0 Å². The number of aryl methyl sites for hydroxylation is 1. The summed E-state index contributed by atoms with van der Waals surface area (Å²) in [7, 11) is 1.75. The predicted octanol–water partition coefficient (Wildman–Crippen LogP) is 4.29. The van der Waals surface area contributed by atoms with Gasteiger partial charge in [-0.25, -0.2) is 4.79 Å². The first kappa shape index (κ1) is 16.3. The number of hydrogen-bond acceptors (Lipinski definition) is 3. The van der Waals surface area contributed by atoms with Gasteiger partial charge in [-0.1, -0.05) is 38.1 Å². The molecule has 3 nitrogen and oxygen atoms in total. The fraction of sp³-hybridized carbons (Fsp3) is 0.550. The Bertz CT molecular complexity index is 671. The molecule has 0 radical (unpaired) electrons. The van der Waals surface area contributed by atoms with Gasteiger partial charge < -0.3 is 9.47 Å². The number of esters is 1. The van der Waals surface area contributed by atoms with Gasteiger partial charge in [-0.05, 0) is 48.8 Å². The Balaban J connectivity index is 2.09. The quantitative estimate of drug-likeness (QED) is 0.764. The van der Waals surface area contributed by atoms with Crippen molar-refractivity contribution < 1.29 is 14.3 Å². The van der Waals surface area contributed by atoms with Gasteiger partial charge in [-0.15, -0.1) is 0 Å². The molecule has 1 fully saturated rings. The molecule has 1 aromatic carbocycles. The lowest BCUT2D eigenvalue weighted by atomic mass is 9.66. The van der Waals surface area contributed by atoms with Crippen molar-refractivity contribution in [3.05, 3.63) is 41.0 Å². The average molecular weight is 314 g/mol. The largest absolute Gasteiger partial charge is 0.451 e. The predicted molar refractivity (Wildman–Crippen MR) is 91.0 cm³/mol.